The Hall–Kier alpha value is -2.52. The fourth-order valence-electron chi connectivity index (χ4n) is 1.75. The number of rotatable bonds is 5. The molecule has 0 saturated heterocycles. The zero-order chi connectivity index (χ0) is 14.5. The average molecular weight is 287 g/mol. The van der Waals surface area contributed by atoms with Crippen LogP contribution in [0.5, 0.6) is 5.75 Å². The average Bonchev–Trinajstić information content (AvgIpc) is 2.93. The molecule has 1 heterocycles. The number of carbonyl (C=O) groups is 1. The van der Waals surface area contributed by atoms with E-state index in [0.29, 0.717) is 29.1 Å². The summed E-state index contributed by atoms with van der Waals surface area (Å²) in [5, 5.41) is 14.0. The maximum atomic E-state index is 11.0. The lowest BCUT2D eigenvalue weighted by Gasteiger charge is -2.11. The molecule has 2 aromatic rings. The molecular formula is C14H13N3O2S. The predicted octanol–water partition coefficient (Wildman–Crippen LogP) is 2.34. The van der Waals surface area contributed by atoms with Gasteiger partial charge in [-0.2, -0.15) is 5.26 Å². The molecule has 6 heteroatoms. The monoisotopic (exact) mass is 287 g/mol. The Morgan fingerprint density at radius 3 is 2.95 bits per heavy atom. The van der Waals surface area contributed by atoms with Crippen LogP contribution in [0.25, 0.3) is 0 Å². The van der Waals surface area contributed by atoms with Crippen molar-refractivity contribution in [2.24, 2.45) is 5.73 Å². The van der Waals surface area contributed by atoms with Crippen molar-refractivity contribution >= 4 is 22.9 Å². The first-order valence-corrected chi connectivity index (χ1v) is 6.72. The fourth-order valence-corrected chi connectivity index (χ4v) is 2.57. The van der Waals surface area contributed by atoms with Crippen LogP contribution in [-0.2, 0) is 6.54 Å². The SMILES string of the molecule is COc1cccc(C#N)c1NCc1cc(C(N)=O)cs1. The minimum Gasteiger partial charge on any atom is -0.495 e. The van der Waals surface area contributed by atoms with E-state index in [0.717, 1.165) is 4.88 Å². The summed E-state index contributed by atoms with van der Waals surface area (Å²) in [6.07, 6.45) is 0. The molecule has 0 aliphatic rings. The van der Waals surface area contributed by atoms with Crippen LogP contribution < -0.4 is 15.8 Å². The molecule has 20 heavy (non-hydrogen) atoms. The molecule has 1 aromatic carbocycles. The van der Waals surface area contributed by atoms with E-state index in [4.69, 9.17) is 15.7 Å². The molecule has 0 bridgehead atoms. The minimum atomic E-state index is -0.442. The number of para-hydroxylation sites is 1. The lowest BCUT2D eigenvalue weighted by molar-refractivity contribution is 0.100. The number of nitrogens with zero attached hydrogens (tertiary/aromatic N) is 1. The third-order valence-corrected chi connectivity index (χ3v) is 3.68. The number of ether oxygens (including phenoxy) is 1. The van der Waals surface area contributed by atoms with E-state index >= 15 is 0 Å². The van der Waals surface area contributed by atoms with Gasteiger partial charge in [0.15, 0.2) is 0 Å². The van der Waals surface area contributed by atoms with Crippen LogP contribution in [0.2, 0.25) is 0 Å². The van der Waals surface area contributed by atoms with Gasteiger partial charge in [0.25, 0.3) is 0 Å². The third-order valence-electron chi connectivity index (χ3n) is 2.74. The number of thiophene rings is 1. The highest BCUT2D eigenvalue weighted by atomic mass is 32.1. The topological polar surface area (TPSA) is 88.1 Å². The van der Waals surface area contributed by atoms with Gasteiger partial charge in [-0.05, 0) is 18.2 Å². The number of anilines is 1. The van der Waals surface area contributed by atoms with Gasteiger partial charge >= 0.3 is 0 Å². The highest BCUT2D eigenvalue weighted by Gasteiger charge is 2.10. The summed E-state index contributed by atoms with van der Waals surface area (Å²) in [6, 6.07) is 9.12. The molecule has 1 amide bonds. The first-order valence-electron chi connectivity index (χ1n) is 5.84. The molecule has 5 nitrogen and oxygen atoms in total. The summed E-state index contributed by atoms with van der Waals surface area (Å²) in [6.45, 7) is 0.493. The Labute approximate surface area is 120 Å². The van der Waals surface area contributed by atoms with Gasteiger partial charge in [-0.3, -0.25) is 4.79 Å². The fraction of sp³-hybridized carbons (Fsp3) is 0.143. The summed E-state index contributed by atoms with van der Waals surface area (Å²) in [4.78, 5) is 12.0. The van der Waals surface area contributed by atoms with Crippen LogP contribution in [0.15, 0.2) is 29.6 Å². The maximum absolute atomic E-state index is 11.0. The van der Waals surface area contributed by atoms with E-state index < -0.39 is 5.91 Å². The zero-order valence-corrected chi connectivity index (χ0v) is 11.7. The van der Waals surface area contributed by atoms with Crippen LogP contribution in [-0.4, -0.2) is 13.0 Å². The molecule has 0 radical (unpaired) electrons. The molecule has 0 spiro atoms. The number of nitrogens with two attached hydrogens (primary N) is 1. The first kappa shape index (κ1) is 13.9. The smallest absolute Gasteiger partial charge is 0.249 e. The van der Waals surface area contributed by atoms with E-state index in [-0.39, 0.29) is 0 Å². The normalized spacial score (nSPS) is 9.80. The lowest BCUT2D eigenvalue weighted by Crippen LogP contribution is -2.09. The second kappa shape index (κ2) is 6.08. The number of carbonyl (C=O) groups excluding carboxylic acids is 1. The predicted molar refractivity (Wildman–Crippen MR) is 77.9 cm³/mol. The Bertz CT molecular complexity index is 673. The molecular weight excluding hydrogens is 274 g/mol. The van der Waals surface area contributed by atoms with Gasteiger partial charge < -0.3 is 15.8 Å². The zero-order valence-electron chi connectivity index (χ0n) is 10.8. The van der Waals surface area contributed by atoms with Crippen molar-refractivity contribution in [3.63, 3.8) is 0 Å². The highest BCUT2D eigenvalue weighted by Crippen LogP contribution is 2.28. The van der Waals surface area contributed by atoms with E-state index in [2.05, 4.69) is 11.4 Å². The summed E-state index contributed by atoms with van der Waals surface area (Å²) in [7, 11) is 1.55. The van der Waals surface area contributed by atoms with Gasteiger partial charge in [0.1, 0.15) is 11.8 Å². The molecule has 0 atom stereocenters. The summed E-state index contributed by atoms with van der Waals surface area (Å²) >= 11 is 1.44. The van der Waals surface area contributed by atoms with Crippen molar-refractivity contribution in [1.82, 2.24) is 0 Å². The van der Waals surface area contributed by atoms with Gasteiger partial charge in [0.05, 0.1) is 23.9 Å². The van der Waals surface area contributed by atoms with Crippen molar-refractivity contribution in [3.8, 4) is 11.8 Å². The first-order chi connectivity index (χ1) is 9.65. The van der Waals surface area contributed by atoms with Gasteiger partial charge in [0.2, 0.25) is 5.91 Å². The highest BCUT2D eigenvalue weighted by molar-refractivity contribution is 7.10. The second-order valence-corrected chi connectivity index (χ2v) is 5.01. The van der Waals surface area contributed by atoms with Gasteiger partial charge in [-0.1, -0.05) is 6.07 Å². The molecule has 0 saturated carbocycles. The molecule has 102 valence electrons. The molecule has 2 rings (SSSR count). The van der Waals surface area contributed by atoms with Gasteiger partial charge in [0, 0.05) is 16.8 Å². The van der Waals surface area contributed by atoms with Crippen molar-refractivity contribution in [3.05, 3.63) is 45.6 Å². The van der Waals surface area contributed by atoms with E-state index in [9.17, 15) is 4.79 Å². The number of hydrogen-bond acceptors (Lipinski definition) is 5. The van der Waals surface area contributed by atoms with Crippen LogP contribution in [0, 0.1) is 11.3 Å². The number of benzene rings is 1. The summed E-state index contributed by atoms with van der Waals surface area (Å²) in [5.41, 5.74) is 6.86. The number of primary amides is 1. The lowest BCUT2D eigenvalue weighted by atomic mass is 10.1. The molecule has 0 unspecified atom stereocenters. The molecule has 1 aromatic heterocycles. The van der Waals surface area contributed by atoms with Crippen molar-refractivity contribution < 1.29 is 9.53 Å². The van der Waals surface area contributed by atoms with Crippen LogP contribution in [0.1, 0.15) is 20.8 Å². The van der Waals surface area contributed by atoms with Crippen LogP contribution >= 0.6 is 11.3 Å². The van der Waals surface area contributed by atoms with Crippen LogP contribution in [0.4, 0.5) is 5.69 Å². The standard InChI is InChI=1S/C14H13N3O2S/c1-19-12-4-2-3-9(6-15)13(12)17-7-11-5-10(8-20-11)14(16)18/h2-5,8,17H,7H2,1H3,(H2,16,18). The van der Waals surface area contributed by atoms with Crippen molar-refractivity contribution in [2.45, 2.75) is 6.54 Å². The van der Waals surface area contributed by atoms with E-state index in [1.54, 1.807) is 36.8 Å². The van der Waals surface area contributed by atoms with Crippen molar-refractivity contribution in [2.75, 3.05) is 12.4 Å². The molecule has 0 aliphatic carbocycles. The second-order valence-electron chi connectivity index (χ2n) is 4.01. The number of nitrogens with one attached hydrogen (secondary N) is 1. The van der Waals surface area contributed by atoms with Gasteiger partial charge in [-0.25, -0.2) is 0 Å². The van der Waals surface area contributed by atoms with E-state index in [1.165, 1.54) is 11.3 Å². The quantitative estimate of drug-likeness (QED) is 0.883. The Kier molecular flexibility index (Phi) is 4.23. The minimum absolute atomic E-state index is 0.442. The Morgan fingerprint density at radius 2 is 2.35 bits per heavy atom. The number of amides is 1. The molecule has 0 fully saturated rings. The third kappa shape index (κ3) is 2.90. The van der Waals surface area contributed by atoms with Gasteiger partial charge in [-0.15, -0.1) is 11.3 Å². The Morgan fingerprint density at radius 1 is 1.55 bits per heavy atom. The summed E-state index contributed by atoms with van der Waals surface area (Å²) < 4.78 is 5.24. The number of methoxy groups -OCH3 is 1. The maximum Gasteiger partial charge on any atom is 0.249 e. The molecule has 0 aliphatic heterocycles. The molecule has 3 N–H and O–H groups in total. The number of hydrogen-bond donors (Lipinski definition) is 2. The summed E-state index contributed by atoms with van der Waals surface area (Å²) in [5.74, 6) is 0.165. The van der Waals surface area contributed by atoms with Crippen molar-refractivity contribution in [1.29, 1.82) is 5.26 Å². The number of nitriles is 1. The Balaban J connectivity index is 2.18. The van der Waals surface area contributed by atoms with E-state index in [1.807, 2.05) is 0 Å². The van der Waals surface area contributed by atoms with Crippen LogP contribution in [0.3, 0.4) is 0 Å². The largest absolute Gasteiger partial charge is 0.495 e.